The summed E-state index contributed by atoms with van der Waals surface area (Å²) in [5, 5.41) is 10.5. The molecule has 3 atom stereocenters. The lowest BCUT2D eigenvalue weighted by molar-refractivity contribution is 0.137. The summed E-state index contributed by atoms with van der Waals surface area (Å²) in [6, 6.07) is 21.5. The molecule has 0 amide bonds. The second-order valence-corrected chi connectivity index (χ2v) is 12.2. The quantitative estimate of drug-likeness (QED) is 0.671. The van der Waals surface area contributed by atoms with E-state index >= 15 is 0 Å². The van der Waals surface area contributed by atoms with Gasteiger partial charge in [-0.15, -0.1) is 0 Å². The Bertz CT molecular complexity index is 626. The van der Waals surface area contributed by atoms with Gasteiger partial charge in [0.25, 0.3) is 0 Å². The van der Waals surface area contributed by atoms with E-state index in [0.717, 1.165) is 11.6 Å². The fraction of sp³-hybridized carbons (Fsp3) is 0.368. The highest BCUT2D eigenvalue weighted by atomic mass is 28.3. The van der Waals surface area contributed by atoms with E-state index < -0.39 is 14.2 Å². The number of epoxide rings is 1. The van der Waals surface area contributed by atoms with Gasteiger partial charge in [-0.1, -0.05) is 79.3 Å². The molecule has 2 aromatic carbocycles. The number of hydrogen-bond donors (Lipinski definition) is 1. The molecule has 1 aliphatic heterocycles. The van der Waals surface area contributed by atoms with Crippen LogP contribution in [0.5, 0.6) is 0 Å². The standard InChI is InChI=1S/C19H24O2Si/c1-19(22(2,3)14-15-10-6-4-7-11-15)18(21-19)17(20)16-12-8-5-9-13-16/h4-13,17-18,20H,14H2,1-3H3/t17-,18+,19-/m1/s1. The van der Waals surface area contributed by atoms with Crippen molar-refractivity contribution >= 4 is 8.07 Å². The maximum Gasteiger partial charge on any atom is 0.114 e. The first-order valence-corrected chi connectivity index (χ1v) is 11.1. The lowest BCUT2D eigenvalue weighted by Crippen LogP contribution is -2.47. The van der Waals surface area contributed by atoms with Crippen molar-refractivity contribution in [1.82, 2.24) is 0 Å². The fourth-order valence-electron chi connectivity index (χ4n) is 3.25. The SMILES string of the molecule is C[C@]1([Si](C)(C)Cc2ccccc2)O[C@H]1[C@H](O)c1ccccc1. The van der Waals surface area contributed by atoms with Crippen LogP contribution in [0, 0.1) is 0 Å². The average Bonchev–Trinajstić information content (AvgIpc) is 3.22. The zero-order chi connectivity index (χ0) is 15.8. The Kier molecular flexibility index (Phi) is 3.97. The number of rotatable bonds is 5. The molecule has 3 rings (SSSR count). The van der Waals surface area contributed by atoms with Gasteiger partial charge in [-0.2, -0.15) is 0 Å². The average molecular weight is 312 g/mol. The molecule has 0 unspecified atom stereocenters. The Morgan fingerprint density at radius 3 is 2.18 bits per heavy atom. The molecule has 1 aliphatic rings. The molecule has 116 valence electrons. The Balaban J connectivity index is 1.75. The Morgan fingerprint density at radius 1 is 1.05 bits per heavy atom. The number of hydrogen-bond acceptors (Lipinski definition) is 2. The molecule has 1 N–H and O–H groups in total. The van der Waals surface area contributed by atoms with Gasteiger partial charge in [0, 0.05) is 0 Å². The van der Waals surface area contributed by atoms with Crippen LogP contribution in [0.25, 0.3) is 0 Å². The van der Waals surface area contributed by atoms with Crippen molar-refractivity contribution in [2.75, 3.05) is 0 Å². The molecule has 1 saturated heterocycles. The van der Waals surface area contributed by atoms with Gasteiger partial charge in [-0.25, -0.2) is 0 Å². The third-order valence-electron chi connectivity index (χ3n) is 5.12. The van der Waals surface area contributed by atoms with E-state index in [1.54, 1.807) is 0 Å². The number of aliphatic hydroxyl groups is 1. The van der Waals surface area contributed by atoms with E-state index in [0.29, 0.717) is 0 Å². The highest BCUT2D eigenvalue weighted by molar-refractivity contribution is 6.80. The highest BCUT2D eigenvalue weighted by Crippen LogP contribution is 2.50. The van der Waals surface area contributed by atoms with Crippen LogP contribution in [0.3, 0.4) is 0 Å². The Labute approximate surface area is 133 Å². The smallest absolute Gasteiger partial charge is 0.114 e. The molecule has 0 spiro atoms. The second kappa shape index (κ2) is 5.65. The molecule has 1 fully saturated rings. The van der Waals surface area contributed by atoms with Crippen LogP contribution >= 0.6 is 0 Å². The van der Waals surface area contributed by atoms with E-state index in [2.05, 4.69) is 50.3 Å². The summed E-state index contributed by atoms with van der Waals surface area (Å²) in [5.74, 6) is 0. The van der Waals surface area contributed by atoms with E-state index in [1.807, 2.05) is 30.3 Å². The minimum absolute atomic E-state index is 0.0831. The van der Waals surface area contributed by atoms with E-state index in [9.17, 15) is 5.11 Å². The molecule has 0 aliphatic carbocycles. The first-order valence-electron chi connectivity index (χ1n) is 7.89. The van der Waals surface area contributed by atoms with Crippen molar-refractivity contribution in [2.45, 2.75) is 43.5 Å². The summed E-state index contributed by atoms with van der Waals surface area (Å²) >= 11 is 0. The van der Waals surface area contributed by atoms with Crippen molar-refractivity contribution in [3.63, 3.8) is 0 Å². The summed E-state index contributed by atoms with van der Waals surface area (Å²) in [5.41, 5.74) is 2.31. The van der Waals surface area contributed by atoms with Gasteiger partial charge in [0.05, 0.1) is 13.3 Å². The van der Waals surface area contributed by atoms with Crippen LogP contribution < -0.4 is 0 Å². The second-order valence-electron chi connectivity index (χ2n) is 7.05. The van der Waals surface area contributed by atoms with Gasteiger partial charge in [0.15, 0.2) is 0 Å². The summed E-state index contributed by atoms with van der Waals surface area (Å²) in [6.07, 6.45) is -0.617. The molecule has 0 radical (unpaired) electrons. The predicted octanol–water partition coefficient (Wildman–Crippen LogP) is 3.91. The first kappa shape index (κ1) is 15.5. The van der Waals surface area contributed by atoms with E-state index in [1.165, 1.54) is 5.56 Å². The maximum absolute atomic E-state index is 10.6. The lowest BCUT2D eigenvalue weighted by Gasteiger charge is -2.28. The summed E-state index contributed by atoms with van der Waals surface area (Å²) < 4.78 is 6.07. The monoisotopic (exact) mass is 312 g/mol. The summed E-state index contributed by atoms with van der Waals surface area (Å²) in [7, 11) is -1.68. The number of ether oxygens (including phenoxy) is 1. The zero-order valence-electron chi connectivity index (χ0n) is 13.5. The van der Waals surface area contributed by atoms with Crippen LogP contribution in [-0.2, 0) is 10.8 Å². The molecular formula is C19H24O2Si. The van der Waals surface area contributed by atoms with Crippen molar-refractivity contribution in [3.05, 3.63) is 71.8 Å². The number of aliphatic hydroxyl groups excluding tert-OH is 1. The molecule has 0 bridgehead atoms. The first-order chi connectivity index (χ1) is 10.4. The molecule has 1 heterocycles. The molecule has 2 aromatic rings. The molecule has 3 heteroatoms. The van der Waals surface area contributed by atoms with Crippen molar-refractivity contribution in [3.8, 4) is 0 Å². The third kappa shape index (κ3) is 2.76. The number of benzene rings is 2. The maximum atomic E-state index is 10.6. The largest absolute Gasteiger partial charge is 0.386 e. The minimum Gasteiger partial charge on any atom is -0.386 e. The molecule has 22 heavy (non-hydrogen) atoms. The molecule has 0 aromatic heterocycles. The van der Waals surface area contributed by atoms with Crippen molar-refractivity contribution in [1.29, 1.82) is 0 Å². The molecular weight excluding hydrogens is 288 g/mol. The van der Waals surface area contributed by atoms with Gasteiger partial charge < -0.3 is 9.84 Å². The van der Waals surface area contributed by atoms with Crippen LogP contribution in [0.1, 0.15) is 24.2 Å². The van der Waals surface area contributed by atoms with Crippen LogP contribution in [0.15, 0.2) is 60.7 Å². The zero-order valence-corrected chi connectivity index (χ0v) is 14.5. The van der Waals surface area contributed by atoms with Crippen molar-refractivity contribution in [2.24, 2.45) is 0 Å². The van der Waals surface area contributed by atoms with Crippen LogP contribution in [-0.4, -0.2) is 24.5 Å². The highest BCUT2D eigenvalue weighted by Gasteiger charge is 2.64. The molecule has 0 saturated carbocycles. The summed E-state index contributed by atoms with van der Waals surface area (Å²) in [4.78, 5) is 0. The van der Waals surface area contributed by atoms with Gasteiger partial charge in [-0.05, 0) is 18.5 Å². The van der Waals surface area contributed by atoms with E-state index in [4.69, 9.17) is 4.74 Å². The minimum atomic E-state index is -1.68. The predicted molar refractivity (Wildman–Crippen MR) is 92.3 cm³/mol. The van der Waals surface area contributed by atoms with Gasteiger partial charge in [0.2, 0.25) is 0 Å². The van der Waals surface area contributed by atoms with Crippen LogP contribution in [0.4, 0.5) is 0 Å². The lowest BCUT2D eigenvalue weighted by atomic mass is 10.1. The van der Waals surface area contributed by atoms with Crippen LogP contribution in [0.2, 0.25) is 13.1 Å². The van der Waals surface area contributed by atoms with Gasteiger partial charge >= 0.3 is 0 Å². The van der Waals surface area contributed by atoms with Gasteiger partial charge in [0.1, 0.15) is 12.2 Å². The molecule has 2 nitrogen and oxygen atoms in total. The Hall–Kier alpha value is -1.42. The van der Waals surface area contributed by atoms with Crippen molar-refractivity contribution < 1.29 is 9.84 Å². The fourth-order valence-corrected chi connectivity index (χ4v) is 6.23. The normalized spacial score (nSPS) is 25.7. The topological polar surface area (TPSA) is 32.8 Å². The van der Waals surface area contributed by atoms with E-state index in [-0.39, 0.29) is 11.3 Å². The van der Waals surface area contributed by atoms with Gasteiger partial charge in [-0.3, -0.25) is 0 Å². The third-order valence-corrected chi connectivity index (χ3v) is 9.50. The Morgan fingerprint density at radius 2 is 1.59 bits per heavy atom. The summed E-state index contributed by atoms with van der Waals surface area (Å²) in [6.45, 7) is 6.90.